The van der Waals surface area contributed by atoms with Crippen molar-refractivity contribution in [1.29, 1.82) is 5.26 Å². The van der Waals surface area contributed by atoms with E-state index in [1.165, 1.54) is 11.8 Å². The van der Waals surface area contributed by atoms with Crippen LogP contribution in [0.25, 0.3) is 10.9 Å². The Morgan fingerprint density at radius 2 is 2.07 bits per heavy atom. The number of hydrogen-bond acceptors (Lipinski definition) is 6. The Hall–Kier alpha value is -2.59. The number of nitrogens with one attached hydrogen (secondary N) is 1. The number of rotatable bonds is 6. The second-order valence-corrected chi connectivity index (χ2v) is 7.69. The zero-order valence-corrected chi connectivity index (χ0v) is 16.0. The summed E-state index contributed by atoms with van der Waals surface area (Å²) < 4.78 is 5.03. The molecular weight excluding hydrogens is 362 g/mol. The summed E-state index contributed by atoms with van der Waals surface area (Å²) >= 11 is 1.28. The summed E-state index contributed by atoms with van der Waals surface area (Å²) in [6.07, 6.45) is 3.13. The Bertz CT molecular complexity index is 901. The number of carbonyl (C=O) groups is 2. The number of hydrogen-bond donors (Lipinski definition) is 1. The minimum absolute atomic E-state index is 0.0709. The Morgan fingerprint density at radius 1 is 1.33 bits per heavy atom. The standard InChI is InChI=1S/C20H21N3O3S/c1-14-10-18(22-16-7-3-2-6-15(14)16)27-12-19(25)26-11-17(24)23-20(13-21)8-4-5-9-20/h2-3,6-7,10H,4-5,8-9,11-12H2,1H3,(H,23,24). The molecule has 1 N–H and O–H groups in total. The summed E-state index contributed by atoms with van der Waals surface area (Å²) in [5.74, 6) is -0.849. The molecule has 1 aromatic heterocycles. The molecule has 0 spiro atoms. The van der Waals surface area contributed by atoms with Crippen molar-refractivity contribution in [3.05, 3.63) is 35.9 Å². The van der Waals surface area contributed by atoms with Crippen LogP contribution in [0.3, 0.4) is 0 Å². The van der Waals surface area contributed by atoms with Crippen molar-refractivity contribution in [2.24, 2.45) is 0 Å². The van der Waals surface area contributed by atoms with Gasteiger partial charge < -0.3 is 10.1 Å². The summed E-state index contributed by atoms with van der Waals surface area (Å²) in [6, 6.07) is 11.9. The Labute approximate surface area is 162 Å². The number of aryl methyl sites for hydroxylation is 1. The average molecular weight is 383 g/mol. The monoisotopic (exact) mass is 383 g/mol. The molecule has 0 saturated heterocycles. The van der Waals surface area contributed by atoms with E-state index in [0.717, 1.165) is 34.3 Å². The molecule has 0 radical (unpaired) electrons. The summed E-state index contributed by atoms with van der Waals surface area (Å²) in [4.78, 5) is 28.4. The van der Waals surface area contributed by atoms with Gasteiger partial charge in [-0.25, -0.2) is 4.98 Å². The van der Waals surface area contributed by atoms with Crippen LogP contribution < -0.4 is 5.32 Å². The molecule has 1 aliphatic rings. The van der Waals surface area contributed by atoms with E-state index in [2.05, 4.69) is 16.4 Å². The van der Waals surface area contributed by atoms with E-state index in [4.69, 9.17) is 4.74 Å². The highest BCUT2D eigenvalue weighted by atomic mass is 32.2. The highest BCUT2D eigenvalue weighted by Gasteiger charge is 2.35. The molecule has 0 atom stereocenters. The van der Waals surface area contributed by atoms with Gasteiger partial charge in [-0.1, -0.05) is 30.0 Å². The molecule has 3 rings (SSSR count). The molecule has 1 saturated carbocycles. The smallest absolute Gasteiger partial charge is 0.316 e. The highest BCUT2D eigenvalue weighted by molar-refractivity contribution is 7.99. The molecule has 1 aromatic carbocycles. The molecule has 27 heavy (non-hydrogen) atoms. The molecule has 1 heterocycles. The van der Waals surface area contributed by atoms with Crippen LogP contribution in [0.1, 0.15) is 31.2 Å². The van der Waals surface area contributed by atoms with Crippen LogP contribution in [0.5, 0.6) is 0 Å². The molecular formula is C20H21N3O3S. The van der Waals surface area contributed by atoms with Gasteiger partial charge in [-0.3, -0.25) is 9.59 Å². The van der Waals surface area contributed by atoms with Crippen LogP contribution in [0.15, 0.2) is 35.4 Å². The molecule has 7 heteroatoms. The third kappa shape index (κ3) is 4.77. The molecule has 1 aliphatic carbocycles. The predicted molar refractivity (Wildman–Crippen MR) is 103 cm³/mol. The van der Waals surface area contributed by atoms with Gasteiger partial charge >= 0.3 is 5.97 Å². The Kier molecular flexibility index (Phi) is 5.97. The van der Waals surface area contributed by atoms with Crippen molar-refractivity contribution < 1.29 is 14.3 Å². The second kappa shape index (κ2) is 8.40. The van der Waals surface area contributed by atoms with Gasteiger partial charge in [0.25, 0.3) is 5.91 Å². The maximum Gasteiger partial charge on any atom is 0.316 e. The molecule has 140 valence electrons. The first-order chi connectivity index (χ1) is 13.0. The van der Waals surface area contributed by atoms with Crippen molar-refractivity contribution in [2.75, 3.05) is 12.4 Å². The van der Waals surface area contributed by atoms with Crippen LogP contribution in [0, 0.1) is 18.3 Å². The van der Waals surface area contributed by atoms with E-state index in [-0.39, 0.29) is 12.4 Å². The minimum Gasteiger partial charge on any atom is -0.455 e. The molecule has 0 aliphatic heterocycles. The second-order valence-electron chi connectivity index (χ2n) is 6.69. The molecule has 6 nitrogen and oxygen atoms in total. The number of ether oxygens (including phenoxy) is 1. The van der Waals surface area contributed by atoms with Crippen LogP contribution in [0.2, 0.25) is 0 Å². The number of amides is 1. The number of pyridine rings is 1. The molecule has 0 unspecified atom stereocenters. The third-order valence-electron chi connectivity index (χ3n) is 4.65. The number of fused-ring (bicyclic) bond motifs is 1. The van der Waals surface area contributed by atoms with Crippen LogP contribution in [-0.2, 0) is 14.3 Å². The lowest BCUT2D eigenvalue weighted by molar-refractivity contribution is -0.146. The summed E-state index contributed by atoms with van der Waals surface area (Å²) in [5, 5.41) is 13.8. The van der Waals surface area contributed by atoms with Crippen LogP contribution >= 0.6 is 11.8 Å². The van der Waals surface area contributed by atoms with Gasteiger partial charge in [-0.15, -0.1) is 0 Å². The Balaban J connectivity index is 1.49. The lowest BCUT2D eigenvalue weighted by atomic mass is 10.00. The van der Waals surface area contributed by atoms with Gasteiger partial charge in [0.05, 0.1) is 22.4 Å². The normalized spacial score (nSPS) is 15.3. The van der Waals surface area contributed by atoms with E-state index >= 15 is 0 Å². The van der Waals surface area contributed by atoms with Crippen LogP contribution in [0.4, 0.5) is 0 Å². The lowest BCUT2D eigenvalue weighted by Gasteiger charge is -2.21. The van der Waals surface area contributed by atoms with Gasteiger partial charge in [0.15, 0.2) is 6.61 Å². The first kappa shape index (κ1) is 19.2. The fourth-order valence-corrected chi connectivity index (χ4v) is 4.03. The first-order valence-corrected chi connectivity index (χ1v) is 9.87. The number of nitrogens with zero attached hydrogens (tertiary/aromatic N) is 2. The predicted octanol–water partition coefficient (Wildman–Crippen LogP) is 3.13. The van der Waals surface area contributed by atoms with Gasteiger partial charge in [0.2, 0.25) is 0 Å². The van der Waals surface area contributed by atoms with Gasteiger partial charge in [0, 0.05) is 5.39 Å². The number of thioether (sulfide) groups is 1. The number of aromatic nitrogens is 1. The number of para-hydroxylation sites is 1. The number of nitriles is 1. The van der Waals surface area contributed by atoms with E-state index in [0.29, 0.717) is 12.8 Å². The first-order valence-electron chi connectivity index (χ1n) is 8.88. The lowest BCUT2D eigenvalue weighted by Crippen LogP contribution is -2.46. The Morgan fingerprint density at radius 3 is 2.81 bits per heavy atom. The van der Waals surface area contributed by atoms with Crippen molar-refractivity contribution >= 4 is 34.5 Å². The largest absolute Gasteiger partial charge is 0.455 e. The van der Waals surface area contributed by atoms with Gasteiger partial charge in [0.1, 0.15) is 5.54 Å². The number of benzene rings is 1. The van der Waals surface area contributed by atoms with Gasteiger partial charge in [-0.2, -0.15) is 5.26 Å². The summed E-state index contributed by atoms with van der Waals surface area (Å²) in [5.41, 5.74) is 1.17. The maximum absolute atomic E-state index is 12.0. The van der Waals surface area contributed by atoms with E-state index in [1.807, 2.05) is 37.3 Å². The summed E-state index contributed by atoms with van der Waals surface area (Å²) in [6.45, 7) is 1.64. The van der Waals surface area contributed by atoms with E-state index in [9.17, 15) is 14.9 Å². The fraction of sp³-hybridized carbons (Fsp3) is 0.400. The molecule has 2 aromatic rings. The van der Waals surface area contributed by atoms with E-state index < -0.39 is 17.4 Å². The zero-order chi connectivity index (χ0) is 19.3. The third-order valence-corrected chi connectivity index (χ3v) is 5.54. The number of carbonyl (C=O) groups excluding carboxylic acids is 2. The van der Waals surface area contributed by atoms with E-state index in [1.54, 1.807) is 0 Å². The number of esters is 1. The quantitative estimate of drug-likeness (QED) is 0.609. The minimum atomic E-state index is -0.801. The van der Waals surface area contributed by atoms with Crippen LogP contribution in [-0.4, -0.2) is 34.8 Å². The highest BCUT2D eigenvalue weighted by Crippen LogP contribution is 2.28. The molecule has 1 amide bonds. The molecule has 1 fully saturated rings. The molecule has 0 bridgehead atoms. The van der Waals surface area contributed by atoms with Crippen molar-refractivity contribution in [3.8, 4) is 6.07 Å². The maximum atomic E-state index is 12.0. The van der Waals surface area contributed by atoms with Crippen molar-refractivity contribution in [2.45, 2.75) is 43.2 Å². The average Bonchev–Trinajstić information content (AvgIpc) is 3.14. The zero-order valence-electron chi connectivity index (χ0n) is 15.2. The van der Waals surface area contributed by atoms with Crippen molar-refractivity contribution in [1.82, 2.24) is 10.3 Å². The van der Waals surface area contributed by atoms with Gasteiger partial charge in [-0.05, 0) is 50.3 Å². The fourth-order valence-electron chi connectivity index (χ4n) is 3.26. The topological polar surface area (TPSA) is 92.1 Å². The SMILES string of the molecule is Cc1cc(SCC(=O)OCC(=O)NC2(C#N)CCCC2)nc2ccccc12. The summed E-state index contributed by atoms with van der Waals surface area (Å²) in [7, 11) is 0. The van der Waals surface area contributed by atoms with Crippen molar-refractivity contribution in [3.63, 3.8) is 0 Å².